The van der Waals surface area contributed by atoms with Gasteiger partial charge in [-0.25, -0.2) is 8.78 Å². The molecule has 0 fully saturated rings. The first-order chi connectivity index (χ1) is 5.33. The molecule has 0 aliphatic rings. The largest absolute Gasteiger partial charge is 0.378 e. The van der Waals surface area contributed by atoms with Crippen LogP contribution in [0.15, 0.2) is 0 Å². The molecule has 74 valence electrons. The van der Waals surface area contributed by atoms with Crippen molar-refractivity contribution in [2.75, 3.05) is 13.7 Å². The van der Waals surface area contributed by atoms with Gasteiger partial charge < -0.3 is 4.74 Å². The molecule has 0 unspecified atom stereocenters. The summed E-state index contributed by atoms with van der Waals surface area (Å²) in [6, 6.07) is 0. The van der Waals surface area contributed by atoms with Gasteiger partial charge in [0.2, 0.25) is 0 Å². The van der Waals surface area contributed by atoms with Gasteiger partial charge in [-0.3, -0.25) is 0 Å². The molecule has 0 spiro atoms. The van der Waals surface area contributed by atoms with Crippen molar-refractivity contribution in [1.29, 1.82) is 0 Å². The minimum atomic E-state index is -2.69. The fraction of sp³-hybridized carbons (Fsp3) is 1.00. The second-order valence-electron chi connectivity index (χ2n) is 3.98. The highest BCUT2D eigenvalue weighted by Gasteiger charge is 2.35. The number of alkyl halides is 2. The van der Waals surface area contributed by atoms with Crippen LogP contribution in [0.4, 0.5) is 8.78 Å². The Bertz CT molecular complexity index is 132. The lowest BCUT2D eigenvalue weighted by atomic mass is 9.84. The fourth-order valence-electron chi connectivity index (χ4n) is 1.09. The number of hydrogen-bond acceptors (Lipinski definition) is 1. The molecule has 0 amide bonds. The van der Waals surface area contributed by atoms with Crippen LogP contribution in [0.1, 0.15) is 33.6 Å². The zero-order valence-electron chi connectivity index (χ0n) is 8.29. The van der Waals surface area contributed by atoms with E-state index in [1.807, 2.05) is 20.8 Å². The SMILES string of the molecule is CCC(C)(C)CC(F)(F)COC. The predicted octanol–water partition coefficient (Wildman–Crippen LogP) is 3.09. The van der Waals surface area contributed by atoms with E-state index in [9.17, 15) is 8.78 Å². The monoisotopic (exact) mass is 180 g/mol. The van der Waals surface area contributed by atoms with Gasteiger partial charge in [0.15, 0.2) is 0 Å². The molecule has 0 heterocycles. The second-order valence-corrected chi connectivity index (χ2v) is 3.98. The Labute approximate surface area is 73.1 Å². The maximum atomic E-state index is 13.0. The number of rotatable bonds is 5. The molecule has 0 aromatic carbocycles. The zero-order valence-corrected chi connectivity index (χ0v) is 8.29. The Morgan fingerprint density at radius 3 is 2.08 bits per heavy atom. The van der Waals surface area contributed by atoms with Crippen molar-refractivity contribution in [2.24, 2.45) is 5.41 Å². The Balaban J connectivity index is 4.04. The summed E-state index contributed by atoms with van der Waals surface area (Å²) in [5.74, 6) is -2.69. The molecule has 0 saturated carbocycles. The number of ether oxygens (including phenoxy) is 1. The summed E-state index contributed by atoms with van der Waals surface area (Å²) in [7, 11) is 1.30. The van der Waals surface area contributed by atoms with E-state index in [-0.39, 0.29) is 11.8 Å². The standard InChI is InChI=1S/C9H18F2O/c1-5-8(2,3)6-9(10,11)7-12-4/h5-7H2,1-4H3. The molecule has 0 bridgehead atoms. The molecule has 0 aromatic rings. The third-order valence-electron chi connectivity index (χ3n) is 2.05. The molecule has 0 rings (SSSR count). The first kappa shape index (κ1) is 11.8. The van der Waals surface area contributed by atoms with E-state index in [1.54, 1.807) is 0 Å². The summed E-state index contributed by atoms with van der Waals surface area (Å²) in [4.78, 5) is 0. The third kappa shape index (κ3) is 4.65. The molecular weight excluding hydrogens is 162 g/mol. The fourth-order valence-corrected chi connectivity index (χ4v) is 1.09. The minimum absolute atomic E-state index is 0.107. The molecule has 0 aliphatic carbocycles. The number of halogens is 2. The molecule has 3 heteroatoms. The van der Waals surface area contributed by atoms with Crippen LogP contribution >= 0.6 is 0 Å². The lowest BCUT2D eigenvalue weighted by molar-refractivity contribution is -0.0914. The Kier molecular flexibility index (Phi) is 4.11. The predicted molar refractivity (Wildman–Crippen MR) is 45.5 cm³/mol. The quantitative estimate of drug-likeness (QED) is 0.631. The average Bonchev–Trinajstić information content (AvgIpc) is 1.85. The second kappa shape index (κ2) is 4.17. The zero-order chi connectivity index (χ0) is 9.83. The lowest BCUT2D eigenvalue weighted by Gasteiger charge is -2.27. The van der Waals surface area contributed by atoms with Gasteiger partial charge in [-0.2, -0.15) is 0 Å². The first-order valence-electron chi connectivity index (χ1n) is 4.20. The van der Waals surface area contributed by atoms with Gasteiger partial charge >= 0.3 is 0 Å². The van der Waals surface area contributed by atoms with Gasteiger partial charge in [-0.1, -0.05) is 27.2 Å². The Morgan fingerprint density at radius 2 is 1.75 bits per heavy atom. The van der Waals surface area contributed by atoms with Gasteiger partial charge in [-0.15, -0.1) is 0 Å². The Morgan fingerprint density at radius 1 is 1.25 bits per heavy atom. The maximum absolute atomic E-state index is 13.0. The Hall–Kier alpha value is -0.180. The van der Waals surface area contributed by atoms with Gasteiger partial charge in [0.25, 0.3) is 5.92 Å². The smallest absolute Gasteiger partial charge is 0.271 e. The van der Waals surface area contributed by atoms with Crippen molar-refractivity contribution in [3.05, 3.63) is 0 Å². The summed E-state index contributed by atoms with van der Waals surface area (Å²) in [5, 5.41) is 0. The molecule has 0 atom stereocenters. The summed E-state index contributed by atoms with van der Waals surface area (Å²) in [6.45, 7) is 5.13. The highest BCUT2D eigenvalue weighted by molar-refractivity contribution is 4.76. The normalized spacial score (nSPS) is 13.5. The molecule has 0 radical (unpaired) electrons. The minimum Gasteiger partial charge on any atom is -0.378 e. The van der Waals surface area contributed by atoms with Crippen molar-refractivity contribution in [2.45, 2.75) is 39.5 Å². The van der Waals surface area contributed by atoms with E-state index in [0.29, 0.717) is 0 Å². The molecule has 0 N–H and O–H groups in total. The molecule has 1 nitrogen and oxygen atoms in total. The molecular formula is C9H18F2O. The summed E-state index contributed by atoms with van der Waals surface area (Å²) >= 11 is 0. The van der Waals surface area contributed by atoms with Gasteiger partial charge in [0.05, 0.1) is 0 Å². The molecule has 0 aromatic heterocycles. The van der Waals surface area contributed by atoms with Crippen molar-refractivity contribution < 1.29 is 13.5 Å². The van der Waals surface area contributed by atoms with Crippen LogP contribution in [-0.2, 0) is 4.74 Å². The van der Waals surface area contributed by atoms with Gasteiger partial charge in [-0.05, 0) is 5.41 Å². The maximum Gasteiger partial charge on any atom is 0.271 e. The molecule has 0 aliphatic heterocycles. The van der Waals surface area contributed by atoms with Crippen LogP contribution in [0, 0.1) is 5.41 Å². The topological polar surface area (TPSA) is 9.23 Å². The molecule has 0 saturated heterocycles. The third-order valence-corrected chi connectivity index (χ3v) is 2.05. The van der Waals surface area contributed by atoms with Crippen LogP contribution in [0.2, 0.25) is 0 Å². The number of hydrogen-bond donors (Lipinski definition) is 0. The van der Waals surface area contributed by atoms with Crippen LogP contribution < -0.4 is 0 Å². The van der Waals surface area contributed by atoms with E-state index in [2.05, 4.69) is 4.74 Å². The van der Waals surface area contributed by atoms with E-state index in [0.717, 1.165) is 6.42 Å². The highest BCUT2D eigenvalue weighted by atomic mass is 19.3. The highest BCUT2D eigenvalue weighted by Crippen LogP contribution is 2.34. The van der Waals surface area contributed by atoms with Crippen molar-refractivity contribution >= 4 is 0 Å². The average molecular weight is 180 g/mol. The summed E-state index contributed by atoms with van der Waals surface area (Å²) in [6.07, 6.45) is 0.649. The van der Waals surface area contributed by atoms with E-state index >= 15 is 0 Å². The van der Waals surface area contributed by atoms with Crippen molar-refractivity contribution in [1.82, 2.24) is 0 Å². The van der Waals surface area contributed by atoms with Crippen molar-refractivity contribution in [3.63, 3.8) is 0 Å². The summed E-state index contributed by atoms with van der Waals surface area (Å²) in [5.41, 5.74) is -0.304. The van der Waals surface area contributed by atoms with Gasteiger partial charge in [0, 0.05) is 13.5 Å². The van der Waals surface area contributed by atoms with E-state index in [4.69, 9.17) is 0 Å². The lowest BCUT2D eigenvalue weighted by Crippen LogP contribution is -2.30. The number of methoxy groups -OCH3 is 1. The van der Waals surface area contributed by atoms with Crippen LogP contribution in [-0.4, -0.2) is 19.6 Å². The first-order valence-corrected chi connectivity index (χ1v) is 4.20. The molecule has 12 heavy (non-hydrogen) atoms. The van der Waals surface area contributed by atoms with Crippen LogP contribution in [0.5, 0.6) is 0 Å². The summed E-state index contributed by atoms with van der Waals surface area (Å²) < 4.78 is 30.4. The van der Waals surface area contributed by atoms with Gasteiger partial charge in [0.1, 0.15) is 6.61 Å². The van der Waals surface area contributed by atoms with E-state index < -0.39 is 12.5 Å². The van der Waals surface area contributed by atoms with E-state index in [1.165, 1.54) is 7.11 Å². The van der Waals surface area contributed by atoms with Crippen LogP contribution in [0.3, 0.4) is 0 Å². The van der Waals surface area contributed by atoms with Crippen molar-refractivity contribution in [3.8, 4) is 0 Å². The van der Waals surface area contributed by atoms with Crippen LogP contribution in [0.25, 0.3) is 0 Å².